The minimum absolute atomic E-state index is 0.167. The minimum atomic E-state index is -0.938. The zero-order valence-corrected chi connectivity index (χ0v) is 26.2. The SMILES string of the molecule is CCC(C)C(NC(=O)C1C=C2c3cccc4[nH]cc(c34)CC2N(C)C1)C(=O)N1C(=O)C2CCCN2C(=O)C1Cc1ccccc1. The predicted molar refractivity (Wildman–Crippen MR) is 172 cm³/mol. The Kier molecular flexibility index (Phi) is 7.60. The molecule has 1 aliphatic carbocycles. The average Bonchev–Trinajstić information content (AvgIpc) is 3.72. The highest BCUT2D eigenvalue weighted by Gasteiger charge is 2.52. The van der Waals surface area contributed by atoms with Crippen molar-refractivity contribution in [2.75, 3.05) is 20.1 Å². The number of imide groups is 1. The van der Waals surface area contributed by atoms with Gasteiger partial charge in [0.1, 0.15) is 18.1 Å². The van der Waals surface area contributed by atoms with Crippen LogP contribution in [0.15, 0.2) is 60.8 Å². The van der Waals surface area contributed by atoms with Gasteiger partial charge in [0.05, 0.1) is 5.92 Å². The van der Waals surface area contributed by atoms with Gasteiger partial charge in [0.25, 0.3) is 11.8 Å². The van der Waals surface area contributed by atoms with Crippen LogP contribution < -0.4 is 5.32 Å². The van der Waals surface area contributed by atoms with Crippen molar-refractivity contribution in [3.63, 3.8) is 0 Å². The number of H-pyrrole nitrogens is 1. The zero-order chi connectivity index (χ0) is 31.4. The lowest BCUT2D eigenvalue weighted by molar-refractivity contribution is -0.167. The van der Waals surface area contributed by atoms with E-state index in [1.165, 1.54) is 15.8 Å². The van der Waals surface area contributed by atoms with E-state index in [0.29, 0.717) is 25.9 Å². The normalized spacial score (nSPS) is 25.9. The van der Waals surface area contributed by atoms with E-state index >= 15 is 0 Å². The fourth-order valence-electron chi connectivity index (χ4n) is 7.89. The molecule has 45 heavy (non-hydrogen) atoms. The van der Waals surface area contributed by atoms with Gasteiger partial charge in [-0.2, -0.15) is 0 Å². The summed E-state index contributed by atoms with van der Waals surface area (Å²) in [4.78, 5) is 64.7. The van der Waals surface area contributed by atoms with Gasteiger partial charge in [-0.15, -0.1) is 0 Å². The van der Waals surface area contributed by atoms with Crippen LogP contribution in [-0.4, -0.2) is 87.6 Å². The molecule has 0 saturated carbocycles. The number of fused-ring (bicyclic) bond motifs is 3. The number of aromatic nitrogens is 1. The number of likely N-dealkylation sites (N-methyl/N-ethyl adjacent to an activating group) is 1. The van der Waals surface area contributed by atoms with Gasteiger partial charge in [0.2, 0.25) is 11.8 Å². The number of nitrogens with one attached hydrogen (secondary N) is 2. The molecule has 2 fully saturated rings. The monoisotopic (exact) mass is 607 g/mol. The molecule has 0 radical (unpaired) electrons. The van der Waals surface area contributed by atoms with Crippen LogP contribution in [0.4, 0.5) is 0 Å². The van der Waals surface area contributed by atoms with E-state index in [1.807, 2.05) is 57.3 Å². The zero-order valence-electron chi connectivity index (χ0n) is 26.2. The maximum atomic E-state index is 14.5. The van der Waals surface area contributed by atoms with Crippen LogP contribution in [0.1, 0.15) is 49.8 Å². The largest absolute Gasteiger partial charge is 0.361 e. The lowest BCUT2D eigenvalue weighted by Gasteiger charge is -2.43. The van der Waals surface area contributed by atoms with E-state index in [2.05, 4.69) is 39.6 Å². The number of benzene rings is 2. The number of hydrogen-bond acceptors (Lipinski definition) is 5. The van der Waals surface area contributed by atoms with Crippen LogP contribution in [0.3, 0.4) is 0 Å². The molecule has 234 valence electrons. The summed E-state index contributed by atoms with van der Waals surface area (Å²) in [7, 11) is 2.05. The summed E-state index contributed by atoms with van der Waals surface area (Å²) in [6.45, 7) is 4.94. The van der Waals surface area contributed by atoms with Crippen LogP contribution in [0.25, 0.3) is 16.5 Å². The molecule has 6 atom stereocenters. The van der Waals surface area contributed by atoms with Crippen molar-refractivity contribution in [1.82, 2.24) is 25.0 Å². The quantitative estimate of drug-likeness (QED) is 0.428. The van der Waals surface area contributed by atoms with Gasteiger partial charge in [-0.25, -0.2) is 0 Å². The molecule has 7 rings (SSSR count). The van der Waals surface area contributed by atoms with E-state index in [4.69, 9.17) is 0 Å². The number of piperazine rings is 1. The molecule has 2 saturated heterocycles. The van der Waals surface area contributed by atoms with Crippen LogP contribution in [-0.2, 0) is 32.0 Å². The van der Waals surface area contributed by atoms with Crippen LogP contribution >= 0.6 is 0 Å². The highest BCUT2D eigenvalue weighted by atomic mass is 16.2. The first kappa shape index (κ1) is 29.5. The fraction of sp³-hybridized carbons (Fsp3) is 0.444. The Balaban J connectivity index is 1.19. The first-order valence-electron chi connectivity index (χ1n) is 16.3. The number of aromatic amines is 1. The Labute approximate surface area is 263 Å². The Morgan fingerprint density at radius 2 is 1.84 bits per heavy atom. The highest BCUT2D eigenvalue weighted by molar-refractivity contribution is 6.09. The van der Waals surface area contributed by atoms with Crippen molar-refractivity contribution in [3.8, 4) is 0 Å². The minimum Gasteiger partial charge on any atom is -0.361 e. The summed E-state index contributed by atoms with van der Waals surface area (Å²) in [5.41, 5.74) is 5.52. The van der Waals surface area contributed by atoms with E-state index in [0.717, 1.165) is 35.1 Å². The first-order chi connectivity index (χ1) is 21.8. The van der Waals surface area contributed by atoms with E-state index in [1.54, 1.807) is 4.90 Å². The van der Waals surface area contributed by atoms with E-state index in [-0.39, 0.29) is 36.1 Å². The smallest absolute Gasteiger partial charge is 0.252 e. The molecule has 4 aliphatic rings. The number of rotatable bonds is 7. The third kappa shape index (κ3) is 4.97. The molecule has 2 aromatic carbocycles. The molecular weight excluding hydrogens is 566 g/mol. The van der Waals surface area contributed by atoms with Gasteiger partial charge in [-0.1, -0.05) is 68.8 Å². The maximum absolute atomic E-state index is 14.5. The van der Waals surface area contributed by atoms with Crippen LogP contribution in [0.5, 0.6) is 0 Å². The lowest BCUT2D eigenvalue weighted by atomic mass is 9.79. The van der Waals surface area contributed by atoms with Crippen LogP contribution in [0.2, 0.25) is 0 Å². The van der Waals surface area contributed by atoms with E-state index in [9.17, 15) is 19.2 Å². The number of nitrogens with zero attached hydrogens (tertiary/aromatic N) is 3. The summed E-state index contributed by atoms with van der Waals surface area (Å²) in [6, 6.07) is 13.4. The number of amides is 4. The van der Waals surface area contributed by atoms with Crippen molar-refractivity contribution < 1.29 is 19.2 Å². The van der Waals surface area contributed by atoms with Gasteiger partial charge >= 0.3 is 0 Å². The third-order valence-corrected chi connectivity index (χ3v) is 10.5. The average molecular weight is 608 g/mol. The second-order valence-corrected chi connectivity index (χ2v) is 13.2. The summed E-state index contributed by atoms with van der Waals surface area (Å²) >= 11 is 0. The van der Waals surface area contributed by atoms with Gasteiger partial charge < -0.3 is 15.2 Å². The molecule has 2 N–H and O–H groups in total. The first-order valence-corrected chi connectivity index (χ1v) is 16.3. The topological polar surface area (TPSA) is 106 Å². The van der Waals surface area contributed by atoms with Gasteiger partial charge in [0.15, 0.2) is 0 Å². The predicted octanol–water partition coefficient (Wildman–Crippen LogP) is 3.54. The Hall–Kier alpha value is -4.24. The summed E-state index contributed by atoms with van der Waals surface area (Å²) in [5, 5.41) is 4.29. The second kappa shape index (κ2) is 11.6. The molecule has 1 aromatic heterocycles. The van der Waals surface area contributed by atoms with Gasteiger partial charge in [-0.05, 0) is 60.6 Å². The summed E-state index contributed by atoms with van der Waals surface area (Å²) in [6.07, 6.45) is 7.18. The molecular formula is C36H41N5O4. The highest BCUT2D eigenvalue weighted by Crippen LogP contribution is 2.41. The second-order valence-electron chi connectivity index (χ2n) is 13.2. The number of carbonyl (C=O) groups is 4. The maximum Gasteiger partial charge on any atom is 0.252 e. The van der Waals surface area contributed by atoms with Crippen molar-refractivity contribution in [2.24, 2.45) is 11.8 Å². The summed E-state index contributed by atoms with van der Waals surface area (Å²) < 4.78 is 0. The Morgan fingerprint density at radius 3 is 2.62 bits per heavy atom. The Morgan fingerprint density at radius 1 is 1.04 bits per heavy atom. The number of carbonyl (C=O) groups excluding carboxylic acids is 4. The molecule has 6 unspecified atom stereocenters. The molecule has 0 bridgehead atoms. The molecule has 0 spiro atoms. The standard InChI is InChI=1S/C36H41N5O4/c1-4-21(2)32(36(45)41-30(16-22-10-6-5-7-11-22)34(43)40-15-9-14-28(40)35(41)44)38-33(42)24-17-26-25-12-8-13-27-31(25)23(19-37-27)18-29(26)39(3)20-24/h5-8,10-13,17,19,21,24,28-30,32,37H,4,9,14-16,18,20H2,1-3H3,(H,38,42). The van der Waals surface area contributed by atoms with Crippen molar-refractivity contribution in [1.29, 1.82) is 0 Å². The van der Waals surface area contributed by atoms with Gasteiger partial charge in [-0.3, -0.25) is 29.0 Å². The Bertz CT molecular complexity index is 1700. The molecule has 3 aromatic rings. The third-order valence-electron chi connectivity index (χ3n) is 10.5. The lowest BCUT2D eigenvalue weighted by Crippen LogP contribution is -2.68. The molecule has 9 heteroatoms. The molecule has 4 heterocycles. The van der Waals surface area contributed by atoms with E-state index < -0.39 is 30.0 Å². The van der Waals surface area contributed by atoms with Crippen molar-refractivity contribution in [3.05, 3.63) is 77.5 Å². The number of hydrogen-bond donors (Lipinski definition) is 2. The molecule has 3 aliphatic heterocycles. The van der Waals surface area contributed by atoms with Crippen molar-refractivity contribution in [2.45, 2.75) is 70.1 Å². The molecule has 4 amide bonds. The van der Waals surface area contributed by atoms with Crippen LogP contribution in [0, 0.1) is 11.8 Å². The fourth-order valence-corrected chi connectivity index (χ4v) is 7.89. The van der Waals surface area contributed by atoms with Gasteiger partial charge in [0, 0.05) is 42.7 Å². The molecule has 9 nitrogen and oxygen atoms in total. The van der Waals surface area contributed by atoms with Crippen molar-refractivity contribution >= 4 is 40.1 Å². The summed E-state index contributed by atoms with van der Waals surface area (Å²) in [5.74, 6) is -1.96.